The molecule has 1 aromatic carbocycles. The van der Waals surface area contributed by atoms with Crippen molar-refractivity contribution in [2.75, 3.05) is 7.11 Å². The van der Waals surface area contributed by atoms with Crippen LogP contribution in [0.25, 0.3) is 0 Å². The molecule has 8 heteroatoms. The molecular weight excluding hydrogens is 404 g/mol. The molecule has 4 N–H and O–H groups in total. The standard InChI is InChI=1S/C23H30O8/c1-5-7-14(24)18-16(26)10-17(31-4)12(22(18)29)9-13-20(27)11(3)21(28)19(23(13)30)15(25)8-6-2/h10,13,19,23,26-27,29-30H,5-9H2,1-4H3. The summed E-state index contributed by atoms with van der Waals surface area (Å²) in [4.78, 5) is 37.5. The van der Waals surface area contributed by atoms with E-state index in [9.17, 15) is 34.8 Å². The van der Waals surface area contributed by atoms with E-state index < -0.39 is 46.8 Å². The summed E-state index contributed by atoms with van der Waals surface area (Å²) in [5.41, 5.74) is -0.207. The van der Waals surface area contributed by atoms with Gasteiger partial charge in [0.2, 0.25) is 0 Å². The zero-order valence-corrected chi connectivity index (χ0v) is 18.3. The molecule has 0 aliphatic heterocycles. The highest BCUT2D eigenvalue weighted by atomic mass is 16.5. The van der Waals surface area contributed by atoms with E-state index in [1.54, 1.807) is 13.8 Å². The van der Waals surface area contributed by atoms with Crippen LogP contribution < -0.4 is 4.74 Å². The minimum Gasteiger partial charge on any atom is -0.511 e. The van der Waals surface area contributed by atoms with Crippen molar-refractivity contribution in [2.45, 2.75) is 59.0 Å². The zero-order chi connectivity index (χ0) is 23.5. The number of Topliss-reactive ketones (excluding diaryl/α,β-unsaturated/α-hetero) is 3. The van der Waals surface area contributed by atoms with Crippen LogP contribution in [0.1, 0.15) is 62.4 Å². The normalized spacial score (nSPS) is 21.3. The molecule has 3 atom stereocenters. The maximum absolute atomic E-state index is 12.6. The van der Waals surface area contributed by atoms with Crippen molar-refractivity contribution in [3.63, 3.8) is 0 Å². The Morgan fingerprint density at radius 3 is 2.26 bits per heavy atom. The number of ether oxygens (including phenoxy) is 1. The van der Waals surface area contributed by atoms with E-state index in [-0.39, 0.29) is 47.5 Å². The molecule has 0 saturated heterocycles. The third kappa shape index (κ3) is 4.58. The van der Waals surface area contributed by atoms with Crippen molar-refractivity contribution in [1.82, 2.24) is 0 Å². The number of carbonyl (C=O) groups is 3. The fourth-order valence-corrected chi connectivity index (χ4v) is 4.04. The summed E-state index contributed by atoms with van der Waals surface area (Å²) in [6, 6.07) is 1.19. The van der Waals surface area contributed by atoms with Crippen molar-refractivity contribution in [3.05, 3.63) is 28.5 Å². The highest BCUT2D eigenvalue weighted by Gasteiger charge is 2.45. The second-order valence-corrected chi connectivity index (χ2v) is 7.84. The molecule has 1 aliphatic carbocycles. The SMILES string of the molecule is CCCC(=O)c1c(O)cc(OC)c(CC2C(O)=C(C)C(=O)C(C(=O)CCC)C2O)c1O. The van der Waals surface area contributed by atoms with Gasteiger partial charge in [-0.25, -0.2) is 0 Å². The number of rotatable bonds is 9. The first-order valence-corrected chi connectivity index (χ1v) is 10.4. The fraction of sp³-hybridized carbons (Fsp3) is 0.522. The largest absolute Gasteiger partial charge is 0.511 e. The Morgan fingerprint density at radius 2 is 1.71 bits per heavy atom. The highest BCUT2D eigenvalue weighted by Crippen LogP contribution is 2.43. The van der Waals surface area contributed by atoms with Gasteiger partial charge in [-0.05, 0) is 26.2 Å². The molecule has 8 nitrogen and oxygen atoms in total. The van der Waals surface area contributed by atoms with Gasteiger partial charge >= 0.3 is 0 Å². The number of benzene rings is 1. The van der Waals surface area contributed by atoms with Gasteiger partial charge in [0.25, 0.3) is 0 Å². The van der Waals surface area contributed by atoms with E-state index >= 15 is 0 Å². The molecule has 31 heavy (non-hydrogen) atoms. The highest BCUT2D eigenvalue weighted by molar-refractivity contribution is 6.11. The van der Waals surface area contributed by atoms with Crippen LogP contribution in [-0.2, 0) is 16.0 Å². The smallest absolute Gasteiger partial charge is 0.175 e. The van der Waals surface area contributed by atoms with Gasteiger partial charge in [0.05, 0.1) is 13.2 Å². The van der Waals surface area contributed by atoms with Crippen LogP contribution in [-0.4, -0.2) is 51.0 Å². The number of carbonyl (C=O) groups excluding carboxylic acids is 3. The molecule has 0 fully saturated rings. The number of hydrogen-bond acceptors (Lipinski definition) is 8. The van der Waals surface area contributed by atoms with Gasteiger partial charge in [-0.15, -0.1) is 0 Å². The lowest BCUT2D eigenvalue weighted by atomic mass is 9.73. The van der Waals surface area contributed by atoms with E-state index in [2.05, 4.69) is 0 Å². The maximum atomic E-state index is 12.6. The fourth-order valence-electron chi connectivity index (χ4n) is 4.04. The van der Waals surface area contributed by atoms with Crippen LogP contribution in [0.15, 0.2) is 17.4 Å². The molecule has 1 aliphatic rings. The number of ketones is 3. The van der Waals surface area contributed by atoms with E-state index in [1.165, 1.54) is 20.1 Å². The first kappa shape index (κ1) is 24.4. The third-order valence-electron chi connectivity index (χ3n) is 5.73. The van der Waals surface area contributed by atoms with Crippen LogP contribution in [0.4, 0.5) is 0 Å². The summed E-state index contributed by atoms with van der Waals surface area (Å²) in [5, 5.41) is 42.4. The van der Waals surface area contributed by atoms with Crippen LogP contribution in [0, 0.1) is 11.8 Å². The predicted molar refractivity (Wildman–Crippen MR) is 113 cm³/mol. The average molecular weight is 434 g/mol. The molecule has 3 unspecified atom stereocenters. The molecule has 0 bridgehead atoms. The van der Waals surface area contributed by atoms with Gasteiger partial charge in [-0.2, -0.15) is 0 Å². The Labute approximate surface area is 181 Å². The Balaban J connectivity index is 2.57. The van der Waals surface area contributed by atoms with E-state index in [0.717, 1.165) is 0 Å². The third-order valence-corrected chi connectivity index (χ3v) is 5.73. The molecule has 0 saturated carbocycles. The van der Waals surface area contributed by atoms with Gasteiger partial charge in [-0.3, -0.25) is 14.4 Å². The molecule has 0 amide bonds. The second kappa shape index (κ2) is 9.96. The summed E-state index contributed by atoms with van der Waals surface area (Å²) in [6.45, 7) is 4.95. The number of methoxy groups -OCH3 is 1. The average Bonchev–Trinajstić information content (AvgIpc) is 2.71. The van der Waals surface area contributed by atoms with Crippen LogP contribution >= 0.6 is 0 Å². The summed E-state index contributed by atoms with van der Waals surface area (Å²) in [7, 11) is 1.31. The summed E-state index contributed by atoms with van der Waals surface area (Å²) in [6.07, 6.45) is -0.502. The Kier molecular flexibility index (Phi) is 7.84. The first-order valence-electron chi connectivity index (χ1n) is 10.4. The summed E-state index contributed by atoms with van der Waals surface area (Å²) >= 11 is 0. The number of phenolic OH excluding ortho intramolecular Hbond substituents is 2. The minimum atomic E-state index is -1.51. The quantitative estimate of drug-likeness (QED) is 0.343. The lowest BCUT2D eigenvalue weighted by molar-refractivity contribution is -0.138. The van der Waals surface area contributed by atoms with Crippen molar-refractivity contribution >= 4 is 17.3 Å². The van der Waals surface area contributed by atoms with Gasteiger partial charge < -0.3 is 25.2 Å². The Morgan fingerprint density at radius 1 is 1.10 bits per heavy atom. The summed E-state index contributed by atoms with van der Waals surface area (Å²) in [5.74, 6) is -5.19. The van der Waals surface area contributed by atoms with Crippen LogP contribution in [0.5, 0.6) is 17.2 Å². The number of aliphatic hydroxyl groups is 2. The number of allylic oxidation sites excluding steroid dienone is 1. The predicted octanol–water partition coefficient (Wildman–Crippen LogP) is 3.01. The molecule has 1 aromatic rings. The van der Waals surface area contributed by atoms with Gasteiger partial charge in [0.15, 0.2) is 11.6 Å². The Bertz CT molecular complexity index is 915. The molecule has 0 spiro atoms. The zero-order valence-electron chi connectivity index (χ0n) is 18.3. The van der Waals surface area contributed by atoms with Crippen molar-refractivity contribution in [1.29, 1.82) is 0 Å². The lowest BCUT2D eigenvalue weighted by Gasteiger charge is -2.34. The summed E-state index contributed by atoms with van der Waals surface area (Å²) < 4.78 is 5.23. The number of hydrogen-bond donors (Lipinski definition) is 4. The van der Waals surface area contributed by atoms with E-state index in [1.807, 2.05) is 0 Å². The topological polar surface area (TPSA) is 141 Å². The number of aromatic hydroxyl groups is 2. The molecule has 2 rings (SSSR count). The molecule has 0 aromatic heterocycles. The van der Waals surface area contributed by atoms with E-state index in [0.29, 0.717) is 12.8 Å². The van der Waals surface area contributed by atoms with Crippen LogP contribution in [0.3, 0.4) is 0 Å². The first-order chi connectivity index (χ1) is 14.6. The van der Waals surface area contributed by atoms with Crippen molar-refractivity contribution in [2.24, 2.45) is 11.8 Å². The number of aliphatic hydroxyl groups excluding tert-OH is 2. The lowest BCUT2D eigenvalue weighted by Crippen LogP contribution is -2.45. The van der Waals surface area contributed by atoms with E-state index in [4.69, 9.17) is 4.74 Å². The molecule has 170 valence electrons. The molecular formula is C23H30O8. The number of phenols is 2. The monoisotopic (exact) mass is 434 g/mol. The van der Waals surface area contributed by atoms with Crippen molar-refractivity contribution in [3.8, 4) is 17.2 Å². The minimum absolute atomic E-state index is 0.0238. The second-order valence-electron chi connectivity index (χ2n) is 7.84. The van der Waals surface area contributed by atoms with Gasteiger partial charge in [-0.1, -0.05) is 13.8 Å². The van der Waals surface area contributed by atoms with Crippen molar-refractivity contribution < 1.29 is 39.5 Å². The van der Waals surface area contributed by atoms with Gasteiger partial charge in [0, 0.05) is 36.0 Å². The van der Waals surface area contributed by atoms with Crippen LogP contribution in [0.2, 0.25) is 0 Å². The molecule has 0 radical (unpaired) electrons. The molecule has 0 heterocycles. The maximum Gasteiger partial charge on any atom is 0.175 e. The van der Waals surface area contributed by atoms with Gasteiger partial charge in [0.1, 0.15) is 40.3 Å². The Hall–Kier alpha value is -2.87.